The number of aromatic nitrogens is 2. The topological polar surface area (TPSA) is 61.0 Å². The van der Waals surface area contributed by atoms with Crippen molar-refractivity contribution in [1.82, 2.24) is 10.2 Å². The first-order valence-corrected chi connectivity index (χ1v) is 5.95. The van der Waals surface area contributed by atoms with Crippen LogP contribution in [0, 0.1) is 0 Å². The van der Waals surface area contributed by atoms with Gasteiger partial charge in [0, 0.05) is 29.2 Å². The molecular weight excluding hydrogens is 250 g/mol. The normalized spacial score (nSPS) is 12.2. The highest BCUT2D eigenvalue weighted by atomic mass is 35.5. The first-order valence-electron chi connectivity index (χ1n) is 5.57. The second kappa shape index (κ2) is 5.80. The zero-order valence-electron chi connectivity index (χ0n) is 10.0. The molecule has 1 atom stereocenters. The van der Waals surface area contributed by atoms with Crippen molar-refractivity contribution in [2.45, 2.75) is 5.92 Å². The van der Waals surface area contributed by atoms with Gasteiger partial charge in [0.1, 0.15) is 5.75 Å². The number of halogens is 1. The van der Waals surface area contributed by atoms with E-state index in [0.717, 1.165) is 17.0 Å². The molecule has 5 heteroatoms. The van der Waals surface area contributed by atoms with Crippen LogP contribution in [-0.2, 0) is 0 Å². The van der Waals surface area contributed by atoms with Gasteiger partial charge in [0.05, 0.1) is 12.8 Å². The van der Waals surface area contributed by atoms with Crippen LogP contribution in [0.15, 0.2) is 36.5 Å². The summed E-state index contributed by atoms with van der Waals surface area (Å²) in [5, 5.41) is 8.63. The Morgan fingerprint density at radius 1 is 1.39 bits per heavy atom. The van der Waals surface area contributed by atoms with Crippen LogP contribution in [0.3, 0.4) is 0 Å². The lowest BCUT2D eigenvalue weighted by Crippen LogP contribution is -2.16. The summed E-state index contributed by atoms with van der Waals surface area (Å²) in [6.45, 7) is 0.412. The third kappa shape index (κ3) is 2.60. The van der Waals surface area contributed by atoms with E-state index >= 15 is 0 Å². The van der Waals surface area contributed by atoms with E-state index in [1.807, 2.05) is 24.3 Å². The number of nitrogens with zero attached hydrogens (tertiary/aromatic N) is 2. The number of ether oxygens (including phenoxy) is 1. The number of benzene rings is 1. The molecule has 0 amide bonds. The number of nitrogens with two attached hydrogens (primary N) is 1. The summed E-state index contributed by atoms with van der Waals surface area (Å²) in [6.07, 6.45) is 1.63. The van der Waals surface area contributed by atoms with Gasteiger partial charge in [-0.1, -0.05) is 11.6 Å². The zero-order chi connectivity index (χ0) is 13.0. The van der Waals surface area contributed by atoms with Crippen molar-refractivity contribution >= 4 is 11.6 Å². The predicted molar refractivity (Wildman–Crippen MR) is 70.9 cm³/mol. The van der Waals surface area contributed by atoms with E-state index in [-0.39, 0.29) is 5.92 Å². The Labute approximate surface area is 111 Å². The monoisotopic (exact) mass is 263 g/mol. The molecule has 0 aliphatic carbocycles. The highest BCUT2D eigenvalue weighted by Crippen LogP contribution is 2.32. The second-order valence-electron chi connectivity index (χ2n) is 3.82. The van der Waals surface area contributed by atoms with E-state index in [0.29, 0.717) is 11.6 Å². The van der Waals surface area contributed by atoms with E-state index in [4.69, 9.17) is 22.1 Å². The Morgan fingerprint density at radius 2 is 2.22 bits per heavy atom. The maximum Gasteiger partial charge on any atom is 0.122 e. The van der Waals surface area contributed by atoms with Crippen LogP contribution in [0.4, 0.5) is 0 Å². The van der Waals surface area contributed by atoms with Gasteiger partial charge in [-0.3, -0.25) is 0 Å². The summed E-state index contributed by atoms with van der Waals surface area (Å²) in [5.41, 5.74) is 7.57. The van der Waals surface area contributed by atoms with E-state index < -0.39 is 0 Å². The largest absolute Gasteiger partial charge is 0.496 e. The van der Waals surface area contributed by atoms with Gasteiger partial charge < -0.3 is 10.5 Å². The lowest BCUT2D eigenvalue weighted by atomic mass is 9.94. The fraction of sp³-hybridized carbons (Fsp3) is 0.231. The lowest BCUT2D eigenvalue weighted by Gasteiger charge is -2.17. The van der Waals surface area contributed by atoms with Crippen molar-refractivity contribution in [1.29, 1.82) is 0 Å². The summed E-state index contributed by atoms with van der Waals surface area (Å²) < 4.78 is 5.34. The molecule has 2 rings (SSSR count). The van der Waals surface area contributed by atoms with Gasteiger partial charge in [-0.25, -0.2) is 0 Å². The minimum Gasteiger partial charge on any atom is -0.496 e. The highest BCUT2D eigenvalue weighted by molar-refractivity contribution is 6.30. The smallest absolute Gasteiger partial charge is 0.122 e. The second-order valence-corrected chi connectivity index (χ2v) is 4.26. The molecule has 4 nitrogen and oxygen atoms in total. The molecule has 0 saturated carbocycles. The lowest BCUT2D eigenvalue weighted by molar-refractivity contribution is 0.407. The quantitative estimate of drug-likeness (QED) is 0.919. The maximum absolute atomic E-state index is 6.03. The summed E-state index contributed by atoms with van der Waals surface area (Å²) in [6, 6.07) is 9.20. The molecule has 0 fully saturated rings. The molecule has 0 bridgehead atoms. The fourth-order valence-corrected chi connectivity index (χ4v) is 2.06. The fourth-order valence-electron chi connectivity index (χ4n) is 1.88. The molecule has 94 valence electrons. The van der Waals surface area contributed by atoms with Crippen LogP contribution < -0.4 is 10.5 Å². The Balaban J connectivity index is 2.48. The first-order chi connectivity index (χ1) is 8.76. The SMILES string of the molecule is COc1ccc(Cl)cc1C(CN)c1cccnn1. The Morgan fingerprint density at radius 3 is 2.83 bits per heavy atom. The molecule has 0 saturated heterocycles. The van der Waals surface area contributed by atoms with Crippen molar-refractivity contribution < 1.29 is 4.74 Å². The number of rotatable bonds is 4. The van der Waals surface area contributed by atoms with E-state index in [1.165, 1.54) is 0 Å². The summed E-state index contributed by atoms with van der Waals surface area (Å²) >= 11 is 6.03. The summed E-state index contributed by atoms with van der Waals surface area (Å²) in [7, 11) is 1.62. The van der Waals surface area contributed by atoms with Crippen molar-refractivity contribution in [2.75, 3.05) is 13.7 Å². The zero-order valence-corrected chi connectivity index (χ0v) is 10.8. The highest BCUT2D eigenvalue weighted by Gasteiger charge is 2.18. The predicted octanol–water partition coefficient (Wildman–Crippen LogP) is 2.23. The minimum absolute atomic E-state index is 0.0765. The summed E-state index contributed by atoms with van der Waals surface area (Å²) in [5.74, 6) is 0.674. The van der Waals surface area contributed by atoms with Crippen LogP contribution in [0.1, 0.15) is 17.2 Å². The van der Waals surface area contributed by atoms with Gasteiger partial charge in [0.25, 0.3) is 0 Å². The molecule has 1 aromatic heterocycles. The molecule has 0 aliphatic rings. The molecule has 2 N–H and O–H groups in total. The number of hydrogen-bond acceptors (Lipinski definition) is 4. The maximum atomic E-state index is 6.03. The Kier molecular flexibility index (Phi) is 4.12. The molecule has 0 spiro atoms. The van der Waals surface area contributed by atoms with Crippen molar-refractivity contribution in [3.63, 3.8) is 0 Å². The molecule has 1 aromatic carbocycles. The Hall–Kier alpha value is -1.65. The van der Waals surface area contributed by atoms with Crippen molar-refractivity contribution in [3.05, 3.63) is 52.8 Å². The van der Waals surface area contributed by atoms with Crippen LogP contribution >= 0.6 is 11.6 Å². The third-order valence-electron chi connectivity index (χ3n) is 2.75. The number of hydrogen-bond donors (Lipinski definition) is 1. The molecule has 2 aromatic rings. The third-order valence-corrected chi connectivity index (χ3v) is 2.99. The standard InChI is InChI=1S/C13H14ClN3O/c1-18-13-5-4-9(14)7-10(13)11(8-15)12-3-2-6-16-17-12/h2-7,11H,8,15H2,1H3. The average molecular weight is 264 g/mol. The number of methoxy groups -OCH3 is 1. The molecule has 1 unspecified atom stereocenters. The molecular formula is C13H14ClN3O. The van der Waals surface area contributed by atoms with Gasteiger partial charge in [0.15, 0.2) is 0 Å². The van der Waals surface area contributed by atoms with E-state index in [1.54, 1.807) is 19.4 Å². The Bertz CT molecular complexity index is 519. The molecule has 1 heterocycles. The van der Waals surface area contributed by atoms with E-state index in [9.17, 15) is 0 Å². The first kappa shape index (κ1) is 12.8. The van der Waals surface area contributed by atoms with E-state index in [2.05, 4.69) is 10.2 Å². The van der Waals surface area contributed by atoms with Gasteiger partial charge in [-0.15, -0.1) is 0 Å². The van der Waals surface area contributed by atoms with Crippen LogP contribution in [-0.4, -0.2) is 23.9 Å². The van der Waals surface area contributed by atoms with Crippen molar-refractivity contribution in [2.24, 2.45) is 5.73 Å². The minimum atomic E-state index is -0.0765. The van der Waals surface area contributed by atoms with Gasteiger partial charge in [-0.2, -0.15) is 10.2 Å². The van der Waals surface area contributed by atoms with Gasteiger partial charge >= 0.3 is 0 Å². The van der Waals surface area contributed by atoms with Crippen molar-refractivity contribution in [3.8, 4) is 5.75 Å². The van der Waals surface area contributed by atoms with Crippen LogP contribution in [0.25, 0.3) is 0 Å². The van der Waals surface area contributed by atoms with Gasteiger partial charge in [0.2, 0.25) is 0 Å². The van der Waals surface area contributed by atoms with Crippen LogP contribution in [0.5, 0.6) is 5.75 Å². The molecule has 18 heavy (non-hydrogen) atoms. The summed E-state index contributed by atoms with van der Waals surface area (Å²) in [4.78, 5) is 0. The molecule has 0 radical (unpaired) electrons. The van der Waals surface area contributed by atoms with Crippen LogP contribution in [0.2, 0.25) is 5.02 Å². The van der Waals surface area contributed by atoms with Gasteiger partial charge in [-0.05, 0) is 30.3 Å². The average Bonchev–Trinajstić information content (AvgIpc) is 2.41. The molecule has 0 aliphatic heterocycles.